The summed E-state index contributed by atoms with van der Waals surface area (Å²) in [4.78, 5) is 30.0. The fourth-order valence-corrected chi connectivity index (χ4v) is 6.84. The van der Waals surface area contributed by atoms with Crippen molar-refractivity contribution < 1.29 is 18.0 Å². The summed E-state index contributed by atoms with van der Waals surface area (Å²) in [5.74, 6) is -0.605. The molecular formula is C36H40ClN3O4S. The van der Waals surface area contributed by atoms with E-state index in [1.165, 1.54) is 17.0 Å². The van der Waals surface area contributed by atoms with Crippen molar-refractivity contribution in [3.8, 4) is 0 Å². The maximum atomic E-state index is 14.6. The first-order chi connectivity index (χ1) is 21.5. The first-order valence-corrected chi connectivity index (χ1v) is 16.8. The molecule has 0 saturated carbocycles. The molecule has 0 bridgehead atoms. The summed E-state index contributed by atoms with van der Waals surface area (Å²) in [5.41, 5.74) is 3.64. The Balaban J connectivity index is 1.82. The molecule has 0 heterocycles. The third kappa shape index (κ3) is 8.96. The van der Waals surface area contributed by atoms with Crippen LogP contribution < -0.4 is 9.62 Å². The molecule has 0 aliphatic carbocycles. The van der Waals surface area contributed by atoms with Gasteiger partial charge in [-0.05, 0) is 66.8 Å². The minimum absolute atomic E-state index is 0.0490. The van der Waals surface area contributed by atoms with Gasteiger partial charge >= 0.3 is 0 Å². The predicted octanol–water partition coefficient (Wildman–Crippen LogP) is 6.56. The van der Waals surface area contributed by atoms with Gasteiger partial charge in [0.1, 0.15) is 12.6 Å². The number of nitrogens with zero attached hydrogens (tertiary/aromatic N) is 2. The molecule has 0 aliphatic heterocycles. The molecule has 0 fully saturated rings. The number of rotatable bonds is 13. The number of anilines is 1. The van der Waals surface area contributed by atoms with E-state index in [0.717, 1.165) is 21.0 Å². The number of carbonyl (C=O) groups excluding carboxylic acids is 2. The second-order valence-corrected chi connectivity index (χ2v) is 13.9. The molecule has 0 radical (unpaired) electrons. The summed E-state index contributed by atoms with van der Waals surface area (Å²) in [7, 11) is -4.18. The Bertz CT molecular complexity index is 1710. The molecule has 236 valence electrons. The van der Waals surface area contributed by atoms with Gasteiger partial charge in [0.2, 0.25) is 11.8 Å². The molecule has 0 unspecified atom stereocenters. The molecule has 4 aromatic carbocycles. The molecule has 0 aliphatic rings. The lowest BCUT2D eigenvalue weighted by Gasteiger charge is -2.34. The molecule has 0 aromatic heterocycles. The van der Waals surface area contributed by atoms with Crippen LogP contribution in [0.15, 0.2) is 108 Å². The van der Waals surface area contributed by atoms with E-state index in [9.17, 15) is 18.0 Å². The minimum atomic E-state index is -4.18. The van der Waals surface area contributed by atoms with Crippen LogP contribution in [0.4, 0.5) is 5.69 Å². The van der Waals surface area contributed by atoms with Gasteiger partial charge in [-0.15, -0.1) is 0 Å². The molecule has 1 atom stereocenters. The molecule has 7 nitrogen and oxygen atoms in total. The molecule has 4 aromatic rings. The first-order valence-electron chi connectivity index (χ1n) is 15.0. The van der Waals surface area contributed by atoms with Gasteiger partial charge in [0.05, 0.1) is 10.6 Å². The smallest absolute Gasteiger partial charge is 0.264 e. The van der Waals surface area contributed by atoms with E-state index in [2.05, 4.69) is 5.32 Å². The van der Waals surface area contributed by atoms with Crippen LogP contribution in [-0.2, 0) is 32.6 Å². The van der Waals surface area contributed by atoms with Crippen molar-refractivity contribution >= 4 is 39.1 Å². The number of aryl methyl sites for hydroxylation is 2. The Morgan fingerprint density at radius 1 is 0.822 bits per heavy atom. The van der Waals surface area contributed by atoms with E-state index in [1.54, 1.807) is 43.3 Å². The van der Waals surface area contributed by atoms with Crippen molar-refractivity contribution in [3.63, 3.8) is 0 Å². The number of hydrogen-bond acceptors (Lipinski definition) is 4. The predicted molar refractivity (Wildman–Crippen MR) is 181 cm³/mol. The van der Waals surface area contributed by atoms with Crippen LogP contribution in [0.5, 0.6) is 0 Å². The molecule has 0 spiro atoms. The Morgan fingerprint density at radius 2 is 1.47 bits per heavy atom. The van der Waals surface area contributed by atoms with Crippen LogP contribution in [0, 0.1) is 19.8 Å². The zero-order chi connectivity index (χ0) is 32.6. The quantitative estimate of drug-likeness (QED) is 0.178. The van der Waals surface area contributed by atoms with Crippen molar-refractivity contribution in [3.05, 3.63) is 130 Å². The Hall–Kier alpha value is -4.14. The highest BCUT2D eigenvalue weighted by atomic mass is 35.5. The summed E-state index contributed by atoms with van der Waals surface area (Å²) in [6.45, 7) is 7.76. The van der Waals surface area contributed by atoms with Crippen LogP contribution in [0.2, 0.25) is 5.02 Å². The largest absolute Gasteiger partial charge is 0.354 e. The van der Waals surface area contributed by atoms with E-state index in [-0.39, 0.29) is 29.7 Å². The van der Waals surface area contributed by atoms with Crippen molar-refractivity contribution in [2.24, 2.45) is 5.92 Å². The van der Waals surface area contributed by atoms with Gasteiger partial charge in [-0.25, -0.2) is 8.42 Å². The fourth-order valence-electron chi connectivity index (χ4n) is 5.12. The Kier molecular flexibility index (Phi) is 11.4. The first kappa shape index (κ1) is 33.7. The van der Waals surface area contributed by atoms with Gasteiger partial charge in [-0.3, -0.25) is 13.9 Å². The zero-order valence-corrected chi connectivity index (χ0v) is 27.7. The fraction of sp³-hybridized carbons (Fsp3) is 0.278. The van der Waals surface area contributed by atoms with Crippen molar-refractivity contribution in [2.45, 2.75) is 51.6 Å². The Labute approximate surface area is 271 Å². The molecule has 4 rings (SSSR count). The van der Waals surface area contributed by atoms with Crippen molar-refractivity contribution in [1.29, 1.82) is 0 Å². The monoisotopic (exact) mass is 645 g/mol. The third-order valence-electron chi connectivity index (χ3n) is 7.43. The molecule has 9 heteroatoms. The maximum Gasteiger partial charge on any atom is 0.264 e. The van der Waals surface area contributed by atoms with Gasteiger partial charge in [0.25, 0.3) is 10.0 Å². The van der Waals surface area contributed by atoms with Crippen LogP contribution >= 0.6 is 11.6 Å². The molecule has 0 saturated heterocycles. The highest BCUT2D eigenvalue weighted by Gasteiger charge is 2.35. The number of carbonyl (C=O) groups is 2. The summed E-state index contributed by atoms with van der Waals surface area (Å²) >= 11 is 6.23. The summed E-state index contributed by atoms with van der Waals surface area (Å²) in [6.07, 6.45) is 0.258. The molecule has 2 amide bonds. The lowest BCUT2D eigenvalue weighted by molar-refractivity contribution is -0.140. The number of benzene rings is 4. The third-order valence-corrected chi connectivity index (χ3v) is 9.44. The minimum Gasteiger partial charge on any atom is -0.354 e. The highest BCUT2D eigenvalue weighted by molar-refractivity contribution is 7.92. The molecule has 1 N–H and O–H groups in total. The highest BCUT2D eigenvalue weighted by Crippen LogP contribution is 2.29. The number of sulfonamides is 1. The normalized spacial score (nSPS) is 12.0. The van der Waals surface area contributed by atoms with Crippen LogP contribution in [0.3, 0.4) is 0 Å². The Morgan fingerprint density at radius 3 is 2.09 bits per heavy atom. The van der Waals surface area contributed by atoms with Gasteiger partial charge in [0, 0.05) is 24.5 Å². The average Bonchev–Trinajstić information content (AvgIpc) is 3.01. The number of amides is 2. The number of nitrogens with one attached hydrogen (secondary N) is 1. The summed E-state index contributed by atoms with van der Waals surface area (Å²) in [5, 5.41) is 3.46. The van der Waals surface area contributed by atoms with Gasteiger partial charge in [0.15, 0.2) is 0 Å². The summed E-state index contributed by atoms with van der Waals surface area (Å²) in [6, 6.07) is 29.2. The number of halogens is 1. The van der Waals surface area contributed by atoms with Crippen molar-refractivity contribution in [1.82, 2.24) is 10.2 Å². The topological polar surface area (TPSA) is 86.8 Å². The standard InChI is InChI=1S/C36H40ClN3O4S/c1-26(2)23-38-36(42)34(22-29-13-7-5-8-14-29)39(24-30-15-11-12-27(3)20-30)35(41)25-40(33-19-18-31(37)21-28(33)4)45(43,44)32-16-9-6-10-17-32/h5-21,26,34H,22-25H2,1-4H3,(H,38,42)/t34-/m0/s1. The van der Waals surface area contributed by atoms with E-state index in [4.69, 9.17) is 11.6 Å². The summed E-state index contributed by atoms with van der Waals surface area (Å²) < 4.78 is 29.4. The van der Waals surface area contributed by atoms with Crippen molar-refractivity contribution in [2.75, 3.05) is 17.4 Å². The van der Waals surface area contributed by atoms with E-state index in [1.807, 2.05) is 75.4 Å². The lowest BCUT2D eigenvalue weighted by atomic mass is 10.0. The SMILES string of the molecule is Cc1cccc(CN(C(=O)CN(c2ccc(Cl)cc2C)S(=O)(=O)c2ccccc2)[C@@H](Cc2ccccc2)C(=O)NCC(C)C)c1. The van der Waals surface area contributed by atoms with E-state index < -0.39 is 28.5 Å². The van der Waals surface area contributed by atoms with Crippen LogP contribution in [0.1, 0.15) is 36.1 Å². The molecular weight excluding hydrogens is 606 g/mol. The lowest BCUT2D eigenvalue weighted by Crippen LogP contribution is -2.53. The van der Waals surface area contributed by atoms with Gasteiger partial charge in [-0.1, -0.05) is 104 Å². The number of hydrogen-bond donors (Lipinski definition) is 1. The second kappa shape index (κ2) is 15.2. The van der Waals surface area contributed by atoms with Crippen LogP contribution in [-0.4, -0.2) is 44.3 Å². The van der Waals surface area contributed by atoms with Crippen LogP contribution in [0.25, 0.3) is 0 Å². The van der Waals surface area contributed by atoms with Gasteiger partial charge < -0.3 is 10.2 Å². The average molecular weight is 646 g/mol. The van der Waals surface area contributed by atoms with Gasteiger partial charge in [-0.2, -0.15) is 0 Å². The second-order valence-electron chi connectivity index (χ2n) is 11.6. The van der Waals surface area contributed by atoms with E-state index in [0.29, 0.717) is 22.8 Å². The zero-order valence-electron chi connectivity index (χ0n) is 26.1. The molecule has 45 heavy (non-hydrogen) atoms. The maximum absolute atomic E-state index is 14.6. The van der Waals surface area contributed by atoms with E-state index >= 15 is 0 Å².